The van der Waals surface area contributed by atoms with Gasteiger partial charge in [0.1, 0.15) is 0 Å². The number of hydrogen-bond donors (Lipinski definition) is 0. The van der Waals surface area contributed by atoms with Crippen molar-refractivity contribution in [2.24, 2.45) is 0 Å². The lowest BCUT2D eigenvalue weighted by Crippen LogP contribution is -2.22. The van der Waals surface area contributed by atoms with E-state index in [0.717, 1.165) is 16.7 Å². The smallest absolute Gasteiger partial charge is 0.0526 e. The predicted molar refractivity (Wildman–Crippen MR) is 70.9 cm³/mol. The highest BCUT2D eigenvalue weighted by atomic mass is 35.5. The molecule has 0 radical (unpaired) electrons. The van der Waals surface area contributed by atoms with Gasteiger partial charge >= 0.3 is 0 Å². The fourth-order valence-corrected chi connectivity index (χ4v) is 5.10. The molecular formula is C11H17ClOSSi. The van der Waals surface area contributed by atoms with Crippen LogP contribution >= 0.6 is 11.6 Å². The first-order valence-electron chi connectivity index (χ1n) is 5.02. The first-order valence-corrected chi connectivity index (χ1v) is 10.4. The Morgan fingerprint density at radius 1 is 1.20 bits per heavy atom. The van der Waals surface area contributed by atoms with Crippen molar-refractivity contribution in [1.82, 2.24) is 0 Å². The van der Waals surface area contributed by atoms with E-state index in [1.54, 1.807) is 12.1 Å². The Labute approximate surface area is 100 Å². The van der Waals surface area contributed by atoms with Crippen LogP contribution in [-0.4, -0.2) is 18.0 Å². The van der Waals surface area contributed by atoms with Crippen LogP contribution in [0.4, 0.5) is 0 Å². The summed E-state index contributed by atoms with van der Waals surface area (Å²) in [6, 6.07) is 8.39. The van der Waals surface area contributed by atoms with E-state index in [-0.39, 0.29) is 0 Å². The summed E-state index contributed by atoms with van der Waals surface area (Å²) in [4.78, 5) is 0.887. The largest absolute Gasteiger partial charge is 0.254 e. The Bertz CT molecular complexity index is 343. The maximum absolute atomic E-state index is 11.9. The normalized spacial score (nSPS) is 13.9. The van der Waals surface area contributed by atoms with Crippen molar-refractivity contribution < 1.29 is 4.21 Å². The van der Waals surface area contributed by atoms with Crippen LogP contribution in [0.25, 0.3) is 0 Å². The van der Waals surface area contributed by atoms with Crippen LogP contribution in [0.3, 0.4) is 0 Å². The zero-order valence-electron chi connectivity index (χ0n) is 9.42. The van der Waals surface area contributed by atoms with E-state index >= 15 is 0 Å². The summed E-state index contributed by atoms with van der Waals surface area (Å²) >= 11 is 5.77. The number of halogens is 1. The molecule has 1 aromatic rings. The van der Waals surface area contributed by atoms with Crippen LogP contribution in [0.15, 0.2) is 29.2 Å². The number of rotatable bonds is 4. The van der Waals surface area contributed by atoms with Crippen LogP contribution < -0.4 is 0 Å². The van der Waals surface area contributed by atoms with Gasteiger partial charge in [-0.1, -0.05) is 31.2 Å². The third-order valence-electron chi connectivity index (χ3n) is 2.11. The minimum atomic E-state index is -1.08. The van der Waals surface area contributed by atoms with E-state index < -0.39 is 18.9 Å². The molecule has 1 atom stereocenters. The fourth-order valence-electron chi connectivity index (χ4n) is 1.10. The van der Waals surface area contributed by atoms with E-state index in [1.807, 2.05) is 12.1 Å². The molecule has 0 fully saturated rings. The van der Waals surface area contributed by atoms with Crippen molar-refractivity contribution in [3.63, 3.8) is 0 Å². The summed E-state index contributed by atoms with van der Waals surface area (Å²) in [5.74, 6) is 0.775. The fraction of sp³-hybridized carbons (Fsp3) is 0.455. The second kappa shape index (κ2) is 5.28. The maximum atomic E-state index is 11.9. The van der Waals surface area contributed by atoms with Crippen molar-refractivity contribution in [1.29, 1.82) is 0 Å². The van der Waals surface area contributed by atoms with Crippen molar-refractivity contribution in [3.05, 3.63) is 29.3 Å². The van der Waals surface area contributed by atoms with Gasteiger partial charge in [-0.05, 0) is 30.3 Å². The third-order valence-corrected chi connectivity index (χ3v) is 5.85. The molecule has 0 amide bonds. The molecule has 0 saturated heterocycles. The van der Waals surface area contributed by atoms with Crippen LogP contribution in [0, 0.1) is 0 Å². The molecule has 0 unspecified atom stereocenters. The highest BCUT2D eigenvalue weighted by Crippen LogP contribution is 2.16. The third kappa shape index (κ3) is 4.95. The predicted octanol–water partition coefficient (Wildman–Crippen LogP) is 3.79. The molecule has 0 N–H and O–H groups in total. The highest BCUT2D eigenvalue weighted by molar-refractivity contribution is 7.85. The summed E-state index contributed by atoms with van der Waals surface area (Å²) in [6.07, 6.45) is 0. The Hall–Kier alpha value is -0.123. The monoisotopic (exact) mass is 260 g/mol. The van der Waals surface area contributed by atoms with E-state index in [1.165, 1.54) is 0 Å². The zero-order chi connectivity index (χ0) is 11.5. The van der Waals surface area contributed by atoms with Crippen LogP contribution in [0.5, 0.6) is 0 Å². The standard InChI is InChI=1S/C11H17ClOSSi/c1-15(2,3)9-8-14(13)11-6-4-10(12)5-7-11/h4-7H,8-9H2,1-3H3/t14-/m0/s1. The first-order chi connectivity index (χ1) is 6.88. The average molecular weight is 261 g/mol. The molecule has 1 rings (SSSR count). The second-order valence-corrected chi connectivity index (χ2v) is 12.4. The van der Waals surface area contributed by atoms with Gasteiger partial charge in [0, 0.05) is 23.7 Å². The van der Waals surface area contributed by atoms with Crippen molar-refractivity contribution in [3.8, 4) is 0 Å². The summed E-state index contributed by atoms with van der Waals surface area (Å²) in [6.45, 7) is 6.89. The molecule has 0 aliphatic carbocycles. The lowest BCUT2D eigenvalue weighted by molar-refractivity contribution is 0.683. The Morgan fingerprint density at radius 2 is 1.73 bits per heavy atom. The van der Waals surface area contributed by atoms with Gasteiger partial charge in [0.05, 0.1) is 10.8 Å². The lowest BCUT2D eigenvalue weighted by Gasteiger charge is -2.14. The first kappa shape index (κ1) is 12.9. The van der Waals surface area contributed by atoms with Gasteiger partial charge in [0.25, 0.3) is 0 Å². The molecule has 4 heteroatoms. The average Bonchev–Trinajstić information content (AvgIpc) is 2.14. The van der Waals surface area contributed by atoms with Gasteiger partial charge in [0.2, 0.25) is 0 Å². The van der Waals surface area contributed by atoms with Crippen molar-refractivity contribution in [2.75, 3.05) is 5.75 Å². The van der Waals surface area contributed by atoms with E-state index in [0.29, 0.717) is 5.02 Å². The molecule has 1 nitrogen and oxygen atoms in total. The lowest BCUT2D eigenvalue weighted by atomic mass is 10.4. The van der Waals surface area contributed by atoms with Crippen molar-refractivity contribution >= 4 is 30.5 Å². The van der Waals surface area contributed by atoms with Gasteiger partial charge < -0.3 is 0 Å². The van der Waals surface area contributed by atoms with Gasteiger partial charge in [-0.15, -0.1) is 0 Å². The number of hydrogen-bond acceptors (Lipinski definition) is 1. The Kier molecular flexibility index (Phi) is 4.56. The van der Waals surface area contributed by atoms with E-state index in [4.69, 9.17) is 11.6 Å². The van der Waals surface area contributed by atoms with Gasteiger partial charge in [-0.2, -0.15) is 0 Å². The molecule has 1 aromatic carbocycles. The van der Waals surface area contributed by atoms with Gasteiger partial charge in [-0.25, -0.2) is 0 Å². The van der Waals surface area contributed by atoms with Crippen LogP contribution in [0.2, 0.25) is 30.7 Å². The summed E-state index contributed by atoms with van der Waals surface area (Å²) in [5, 5.41) is 0.695. The molecule has 0 spiro atoms. The molecule has 15 heavy (non-hydrogen) atoms. The molecule has 0 bridgehead atoms. The maximum Gasteiger partial charge on any atom is 0.0526 e. The molecule has 0 heterocycles. The summed E-state index contributed by atoms with van der Waals surface area (Å²) in [7, 11) is -1.94. The quantitative estimate of drug-likeness (QED) is 0.753. The molecule has 0 aliphatic rings. The van der Waals surface area contributed by atoms with Crippen LogP contribution in [0.1, 0.15) is 0 Å². The summed E-state index contributed by atoms with van der Waals surface area (Å²) in [5.41, 5.74) is 0. The Balaban J connectivity index is 2.58. The zero-order valence-corrected chi connectivity index (χ0v) is 12.0. The highest BCUT2D eigenvalue weighted by Gasteiger charge is 2.15. The molecular weight excluding hydrogens is 244 g/mol. The Morgan fingerprint density at radius 3 is 2.20 bits per heavy atom. The van der Waals surface area contributed by atoms with E-state index in [2.05, 4.69) is 19.6 Å². The molecule has 0 aromatic heterocycles. The molecule has 84 valence electrons. The topological polar surface area (TPSA) is 17.1 Å². The molecule has 0 saturated carbocycles. The minimum Gasteiger partial charge on any atom is -0.254 e. The molecule has 0 aliphatic heterocycles. The second-order valence-electron chi connectivity index (χ2n) is 4.81. The number of benzene rings is 1. The van der Waals surface area contributed by atoms with Gasteiger partial charge in [0.15, 0.2) is 0 Å². The van der Waals surface area contributed by atoms with Gasteiger partial charge in [-0.3, -0.25) is 4.21 Å². The van der Waals surface area contributed by atoms with Crippen LogP contribution in [-0.2, 0) is 10.8 Å². The van der Waals surface area contributed by atoms with E-state index in [9.17, 15) is 4.21 Å². The SMILES string of the molecule is C[Si](C)(C)CC[S@](=O)c1ccc(Cl)cc1. The van der Waals surface area contributed by atoms with Crippen molar-refractivity contribution in [2.45, 2.75) is 30.6 Å². The minimum absolute atomic E-state index is 0.695. The summed E-state index contributed by atoms with van der Waals surface area (Å²) < 4.78 is 11.9.